The molecule has 0 atom stereocenters. The molecule has 4 N–H and O–H groups in total. The number of rotatable bonds is 5. The van der Waals surface area contributed by atoms with Crippen molar-refractivity contribution in [3.63, 3.8) is 0 Å². The minimum atomic E-state index is -3.65. The number of hydrazine groups is 1. The Morgan fingerprint density at radius 2 is 2.06 bits per heavy atom. The van der Waals surface area contributed by atoms with Gasteiger partial charge in [-0.05, 0) is 6.07 Å². The maximum Gasteiger partial charge on any atom is 0.243 e. The predicted molar refractivity (Wildman–Crippen MR) is 62.6 cm³/mol. The molecule has 2 heterocycles. The highest BCUT2D eigenvalue weighted by Gasteiger charge is 2.15. The molecule has 0 spiro atoms. The van der Waals surface area contributed by atoms with E-state index in [1.807, 2.05) is 0 Å². The van der Waals surface area contributed by atoms with Gasteiger partial charge in [-0.2, -0.15) is 0 Å². The SMILES string of the molecule is NNc1ncc(S(=O)(=O)NCc2ccoc2)cn1. The van der Waals surface area contributed by atoms with Gasteiger partial charge in [0.1, 0.15) is 4.90 Å². The van der Waals surface area contributed by atoms with Crippen molar-refractivity contribution < 1.29 is 12.8 Å². The summed E-state index contributed by atoms with van der Waals surface area (Å²) in [6.45, 7) is 0.135. The zero-order valence-corrected chi connectivity index (χ0v) is 10.0. The van der Waals surface area contributed by atoms with Crippen LogP contribution in [0, 0.1) is 0 Å². The van der Waals surface area contributed by atoms with Crippen LogP contribution in [-0.4, -0.2) is 18.4 Å². The van der Waals surface area contributed by atoms with Crippen molar-refractivity contribution in [2.45, 2.75) is 11.4 Å². The van der Waals surface area contributed by atoms with Crippen LogP contribution in [0.15, 0.2) is 40.3 Å². The second-order valence-electron chi connectivity index (χ2n) is 3.34. The standard InChI is InChI=1S/C9H11N5O3S/c10-14-9-11-4-8(5-12-9)18(15,16)13-3-7-1-2-17-6-7/h1-2,4-6,13H,3,10H2,(H,11,12,14). The molecule has 0 aliphatic carbocycles. The molecule has 18 heavy (non-hydrogen) atoms. The molecule has 0 aromatic carbocycles. The van der Waals surface area contributed by atoms with Crippen molar-refractivity contribution in [2.24, 2.45) is 5.84 Å². The van der Waals surface area contributed by atoms with Gasteiger partial charge in [-0.1, -0.05) is 0 Å². The quantitative estimate of drug-likeness (QED) is 0.508. The number of nitrogens with two attached hydrogens (primary N) is 1. The largest absolute Gasteiger partial charge is 0.472 e. The van der Waals surface area contributed by atoms with E-state index >= 15 is 0 Å². The van der Waals surface area contributed by atoms with Crippen molar-refractivity contribution >= 4 is 16.0 Å². The van der Waals surface area contributed by atoms with Gasteiger partial charge in [-0.15, -0.1) is 0 Å². The highest BCUT2D eigenvalue weighted by molar-refractivity contribution is 7.89. The van der Waals surface area contributed by atoms with Crippen molar-refractivity contribution in [3.05, 3.63) is 36.5 Å². The number of aromatic nitrogens is 2. The maximum absolute atomic E-state index is 11.9. The number of furan rings is 1. The fourth-order valence-corrected chi connectivity index (χ4v) is 2.09. The first-order chi connectivity index (χ1) is 8.62. The summed E-state index contributed by atoms with van der Waals surface area (Å²) in [7, 11) is -3.65. The molecule has 0 aliphatic rings. The Morgan fingerprint density at radius 1 is 1.33 bits per heavy atom. The van der Waals surface area contributed by atoms with E-state index in [0.29, 0.717) is 0 Å². The average Bonchev–Trinajstić information content (AvgIpc) is 2.90. The molecule has 0 unspecified atom stereocenters. The molecule has 2 rings (SSSR count). The van der Waals surface area contributed by atoms with Gasteiger partial charge in [0.2, 0.25) is 16.0 Å². The van der Waals surface area contributed by atoms with E-state index in [9.17, 15) is 8.42 Å². The summed E-state index contributed by atoms with van der Waals surface area (Å²) in [5.41, 5.74) is 2.93. The van der Waals surface area contributed by atoms with Crippen LogP contribution in [0.2, 0.25) is 0 Å². The first-order valence-electron chi connectivity index (χ1n) is 4.91. The van der Waals surface area contributed by atoms with Gasteiger partial charge in [-0.3, -0.25) is 5.43 Å². The van der Waals surface area contributed by atoms with Crippen LogP contribution in [0.5, 0.6) is 0 Å². The molecule has 2 aromatic rings. The van der Waals surface area contributed by atoms with Crippen LogP contribution >= 0.6 is 0 Å². The average molecular weight is 269 g/mol. The first-order valence-corrected chi connectivity index (χ1v) is 6.39. The highest BCUT2D eigenvalue weighted by Crippen LogP contribution is 2.08. The van der Waals surface area contributed by atoms with E-state index in [2.05, 4.69) is 20.1 Å². The fourth-order valence-electron chi connectivity index (χ4n) is 1.18. The number of nitrogens with one attached hydrogen (secondary N) is 2. The van der Waals surface area contributed by atoms with Crippen LogP contribution in [-0.2, 0) is 16.6 Å². The third kappa shape index (κ3) is 2.83. The Hall–Kier alpha value is -1.97. The Morgan fingerprint density at radius 3 is 2.61 bits per heavy atom. The Labute approximate surface area is 103 Å². The van der Waals surface area contributed by atoms with Crippen molar-refractivity contribution in [3.8, 4) is 0 Å². The number of hydrogen-bond donors (Lipinski definition) is 3. The molecular formula is C9H11N5O3S. The van der Waals surface area contributed by atoms with Gasteiger partial charge < -0.3 is 4.42 Å². The number of nitrogen functional groups attached to an aromatic ring is 1. The van der Waals surface area contributed by atoms with Crippen molar-refractivity contribution in [1.29, 1.82) is 0 Å². The van der Waals surface area contributed by atoms with Gasteiger partial charge in [0.25, 0.3) is 0 Å². The van der Waals surface area contributed by atoms with E-state index in [1.54, 1.807) is 6.07 Å². The Kier molecular flexibility index (Phi) is 3.55. The first kappa shape index (κ1) is 12.5. The molecule has 8 nitrogen and oxygen atoms in total. The minimum Gasteiger partial charge on any atom is -0.472 e. The predicted octanol–water partition coefficient (Wildman–Crippen LogP) is -0.166. The van der Waals surface area contributed by atoms with E-state index < -0.39 is 10.0 Å². The van der Waals surface area contributed by atoms with Crippen molar-refractivity contribution in [1.82, 2.24) is 14.7 Å². The Bertz CT molecular complexity index is 594. The number of sulfonamides is 1. The summed E-state index contributed by atoms with van der Waals surface area (Å²) in [5.74, 6) is 5.22. The molecule has 0 bridgehead atoms. The van der Waals surface area contributed by atoms with Gasteiger partial charge in [0.15, 0.2) is 0 Å². The minimum absolute atomic E-state index is 0.0370. The topological polar surface area (TPSA) is 123 Å². The van der Waals surface area contributed by atoms with Crippen LogP contribution in [0.3, 0.4) is 0 Å². The summed E-state index contributed by atoms with van der Waals surface area (Å²) in [6, 6.07) is 1.67. The smallest absolute Gasteiger partial charge is 0.243 e. The highest BCUT2D eigenvalue weighted by atomic mass is 32.2. The molecule has 0 aliphatic heterocycles. The van der Waals surface area contributed by atoms with Gasteiger partial charge in [0.05, 0.1) is 24.9 Å². The lowest BCUT2D eigenvalue weighted by molar-refractivity contribution is 0.561. The lowest BCUT2D eigenvalue weighted by Gasteiger charge is -2.05. The second-order valence-corrected chi connectivity index (χ2v) is 5.11. The van der Waals surface area contributed by atoms with E-state index in [0.717, 1.165) is 5.56 Å². The summed E-state index contributed by atoms with van der Waals surface area (Å²) in [4.78, 5) is 7.41. The molecular weight excluding hydrogens is 258 g/mol. The number of anilines is 1. The Balaban J connectivity index is 2.09. The van der Waals surface area contributed by atoms with Crippen LogP contribution < -0.4 is 16.0 Å². The third-order valence-corrected chi connectivity index (χ3v) is 3.47. The summed E-state index contributed by atoms with van der Waals surface area (Å²) >= 11 is 0. The van der Waals surface area contributed by atoms with Crippen LogP contribution in [0.4, 0.5) is 5.95 Å². The fraction of sp³-hybridized carbons (Fsp3) is 0.111. The van der Waals surface area contributed by atoms with Crippen molar-refractivity contribution in [2.75, 3.05) is 5.43 Å². The molecule has 0 fully saturated rings. The van der Waals surface area contributed by atoms with E-state index in [4.69, 9.17) is 10.3 Å². The lowest BCUT2D eigenvalue weighted by atomic mass is 10.4. The maximum atomic E-state index is 11.9. The monoisotopic (exact) mass is 269 g/mol. The summed E-state index contributed by atoms with van der Waals surface area (Å²) < 4.78 is 30.9. The van der Waals surface area contributed by atoms with E-state index in [1.165, 1.54) is 24.9 Å². The van der Waals surface area contributed by atoms with Crippen LogP contribution in [0.1, 0.15) is 5.56 Å². The normalized spacial score (nSPS) is 11.4. The third-order valence-electron chi connectivity index (χ3n) is 2.11. The van der Waals surface area contributed by atoms with E-state index in [-0.39, 0.29) is 17.4 Å². The zero-order chi connectivity index (χ0) is 13.0. The summed E-state index contributed by atoms with van der Waals surface area (Å²) in [6.07, 6.45) is 5.26. The molecule has 0 saturated heterocycles. The van der Waals surface area contributed by atoms with Gasteiger partial charge >= 0.3 is 0 Å². The lowest BCUT2D eigenvalue weighted by Crippen LogP contribution is -2.23. The second kappa shape index (κ2) is 5.12. The molecule has 0 amide bonds. The number of hydrogen-bond acceptors (Lipinski definition) is 7. The van der Waals surface area contributed by atoms with Gasteiger partial charge in [-0.25, -0.2) is 29.0 Å². The molecule has 0 saturated carbocycles. The summed E-state index contributed by atoms with van der Waals surface area (Å²) in [5, 5.41) is 0. The molecule has 9 heteroatoms. The number of nitrogens with zero attached hydrogens (tertiary/aromatic N) is 2. The zero-order valence-electron chi connectivity index (χ0n) is 9.20. The molecule has 96 valence electrons. The van der Waals surface area contributed by atoms with Crippen LogP contribution in [0.25, 0.3) is 0 Å². The molecule has 2 aromatic heterocycles. The van der Waals surface area contributed by atoms with Gasteiger partial charge in [0, 0.05) is 12.1 Å². The molecule has 0 radical (unpaired) electrons.